The fraction of sp³-hybridized carbons (Fsp3) is 0.350. The van der Waals surface area contributed by atoms with Gasteiger partial charge in [0.15, 0.2) is 0 Å². The van der Waals surface area contributed by atoms with E-state index in [0.717, 1.165) is 12.2 Å². The molecule has 1 aliphatic rings. The molecule has 1 saturated carbocycles. The molecule has 25 heavy (non-hydrogen) atoms. The van der Waals surface area contributed by atoms with Crippen LogP contribution in [0.25, 0.3) is 0 Å². The maximum atomic E-state index is 11.4. The Balaban J connectivity index is 1.81. The third kappa shape index (κ3) is 4.26. The standard InChI is InChI=1S/C20H21ClO4/c1-3-13-7-10-18(15(11-13)14-8-9-14)24-12-16-17(21)5-4-6-19(16)25-20(22)23-2/h4-7,10-11,14H,3,8-9,12H2,1-2H3. The Kier molecular flexibility index (Phi) is 5.49. The minimum absolute atomic E-state index is 0.219. The highest BCUT2D eigenvalue weighted by atomic mass is 35.5. The molecule has 0 aromatic heterocycles. The lowest BCUT2D eigenvalue weighted by Crippen LogP contribution is -2.10. The van der Waals surface area contributed by atoms with E-state index in [1.54, 1.807) is 18.2 Å². The first-order chi connectivity index (χ1) is 12.1. The number of carbonyl (C=O) groups excluding carboxylic acids is 1. The minimum atomic E-state index is -0.783. The number of hydrogen-bond donors (Lipinski definition) is 0. The van der Waals surface area contributed by atoms with Crippen LogP contribution >= 0.6 is 11.6 Å². The van der Waals surface area contributed by atoms with Crippen LogP contribution in [-0.4, -0.2) is 13.3 Å². The number of hydrogen-bond acceptors (Lipinski definition) is 4. The van der Waals surface area contributed by atoms with Crippen molar-refractivity contribution in [3.05, 3.63) is 58.1 Å². The largest absolute Gasteiger partial charge is 0.513 e. The summed E-state index contributed by atoms with van der Waals surface area (Å²) < 4.78 is 15.8. The molecule has 4 nitrogen and oxygen atoms in total. The van der Waals surface area contributed by atoms with Crippen molar-refractivity contribution in [2.24, 2.45) is 0 Å². The number of ether oxygens (including phenoxy) is 3. The van der Waals surface area contributed by atoms with Gasteiger partial charge in [0.05, 0.1) is 17.7 Å². The second-order valence-corrected chi connectivity index (χ2v) is 6.47. The number of halogens is 1. The van der Waals surface area contributed by atoms with Crippen molar-refractivity contribution < 1.29 is 19.0 Å². The third-order valence-electron chi connectivity index (χ3n) is 4.31. The average molecular weight is 361 g/mol. The van der Waals surface area contributed by atoms with E-state index in [-0.39, 0.29) is 6.61 Å². The second kappa shape index (κ2) is 7.79. The third-order valence-corrected chi connectivity index (χ3v) is 4.66. The molecule has 0 amide bonds. The van der Waals surface area contributed by atoms with Gasteiger partial charge in [0.2, 0.25) is 0 Å². The van der Waals surface area contributed by atoms with Gasteiger partial charge in [0.1, 0.15) is 18.1 Å². The van der Waals surface area contributed by atoms with Gasteiger partial charge in [-0.3, -0.25) is 0 Å². The SMILES string of the molecule is CCc1ccc(OCc2c(Cl)cccc2OC(=O)OC)c(C2CC2)c1. The monoisotopic (exact) mass is 360 g/mol. The van der Waals surface area contributed by atoms with Gasteiger partial charge in [-0.25, -0.2) is 4.79 Å². The van der Waals surface area contributed by atoms with Crippen molar-refractivity contribution in [2.45, 2.75) is 38.7 Å². The van der Waals surface area contributed by atoms with E-state index in [0.29, 0.717) is 22.3 Å². The van der Waals surface area contributed by atoms with E-state index in [9.17, 15) is 4.79 Å². The zero-order valence-corrected chi connectivity index (χ0v) is 15.1. The molecule has 0 radical (unpaired) electrons. The summed E-state index contributed by atoms with van der Waals surface area (Å²) in [4.78, 5) is 11.4. The Bertz CT molecular complexity index is 768. The van der Waals surface area contributed by atoms with E-state index in [1.807, 2.05) is 6.07 Å². The molecule has 0 N–H and O–H groups in total. The summed E-state index contributed by atoms with van der Waals surface area (Å²) in [6.45, 7) is 2.36. The maximum Gasteiger partial charge on any atom is 0.513 e. The average Bonchev–Trinajstić information content (AvgIpc) is 3.46. The molecule has 0 atom stereocenters. The lowest BCUT2D eigenvalue weighted by molar-refractivity contribution is 0.120. The zero-order chi connectivity index (χ0) is 17.8. The quantitative estimate of drug-likeness (QED) is 0.503. The molecule has 0 bridgehead atoms. The van der Waals surface area contributed by atoms with E-state index in [4.69, 9.17) is 21.1 Å². The summed E-state index contributed by atoms with van der Waals surface area (Å²) in [5.41, 5.74) is 3.18. The molecule has 132 valence electrons. The van der Waals surface area contributed by atoms with Crippen LogP contribution in [0.1, 0.15) is 42.4 Å². The Morgan fingerprint density at radius 2 is 2.00 bits per heavy atom. The van der Waals surface area contributed by atoms with Crippen molar-refractivity contribution >= 4 is 17.8 Å². The van der Waals surface area contributed by atoms with Crippen LogP contribution < -0.4 is 9.47 Å². The minimum Gasteiger partial charge on any atom is -0.488 e. The second-order valence-electron chi connectivity index (χ2n) is 6.06. The molecule has 2 aromatic rings. The van der Waals surface area contributed by atoms with Crippen LogP contribution in [0.3, 0.4) is 0 Å². The van der Waals surface area contributed by atoms with E-state index in [1.165, 1.54) is 31.1 Å². The first kappa shape index (κ1) is 17.6. The van der Waals surface area contributed by atoms with E-state index < -0.39 is 6.16 Å². The molecule has 1 aliphatic carbocycles. The molecular weight excluding hydrogens is 340 g/mol. The Hall–Kier alpha value is -2.20. The smallest absolute Gasteiger partial charge is 0.488 e. The van der Waals surface area contributed by atoms with Crippen molar-refractivity contribution in [3.63, 3.8) is 0 Å². The molecule has 1 fully saturated rings. The fourth-order valence-electron chi connectivity index (χ4n) is 2.72. The fourth-order valence-corrected chi connectivity index (χ4v) is 2.94. The number of aryl methyl sites for hydroxylation is 1. The Morgan fingerprint density at radius 3 is 2.68 bits per heavy atom. The first-order valence-electron chi connectivity index (χ1n) is 8.41. The van der Waals surface area contributed by atoms with Gasteiger partial charge >= 0.3 is 6.16 Å². The van der Waals surface area contributed by atoms with Crippen LogP contribution in [0, 0.1) is 0 Å². The highest BCUT2D eigenvalue weighted by Gasteiger charge is 2.27. The van der Waals surface area contributed by atoms with Gasteiger partial charge in [0, 0.05) is 0 Å². The molecule has 0 aliphatic heterocycles. The summed E-state index contributed by atoms with van der Waals surface area (Å²) in [6.07, 6.45) is 2.62. The van der Waals surface area contributed by atoms with Crippen LogP contribution in [0.15, 0.2) is 36.4 Å². The van der Waals surface area contributed by atoms with Crippen molar-refractivity contribution in [1.82, 2.24) is 0 Å². The molecular formula is C20H21ClO4. The predicted molar refractivity (Wildman–Crippen MR) is 96.6 cm³/mol. The van der Waals surface area contributed by atoms with Gasteiger partial charge in [-0.2, -0.15) is 0 Å². The molecule has 0 spiro atoms. The van der Waals surface area contributed by atoms with Crippen LogP contribution in [0.2, 0.25) is 5.02 Å². The van der Waals surface area contributed by atoms with E-state index >= 15 is 0 Å². The van der Waals surface area contributed by atoms with E-state index in [2.05, 4.69) is 23.8 Å². The molecule has 0 saturated heterocycles. The number of carbonyl (C=O) groups is 1. The van der Waals surface area contributed by atoms with Gasteiger partial charge in [-0.15, -0.1) is 0 Å². The highest BCUT2D eigenvalue weighted by Crippen LogP contribution is 2.45. The maximum absolute atomic E-state index is 11.4. The molecule has 0 unspecified atom stereocenters. The van der Waals surface area contributed by atoms with Crippen LogP contribution in [0.4, 0.5) is 4.79 Å². The van der Waals surface area contributed by atoms with Crippen LogP contribution in [0.5, 0.6) is 11.5 Å². The van der Waals surface area contributed by atoms with Gasteiger partial charge in [0.25, 0.3) is 0 Å². The van der Waals surface area contributed by atoms with Crippen molar-refractivity contribution in [2.75, 3.05) is 7.11 Å². The molecule has 0 heterocycles. The number of benzene rings is 2. The van der Waals surface area contributed by atoms with Gasteiger partial charge < -0.3 is 14.2 Å². The summed E-state index contributed by atoms with van der Waals surface area (Å²) >= 11 is 6.27. The van der Waals surface area contributed by atoms with Gasteiger partial charge in [-0.1, -0.05) is 36.7 Å². The summed E-state index contributed by atoms with van der Waals surface area (Å²) in [5.74, 6) is 1.79. The molecule has 3 rings (SSSR count). The lowest BCUT2D eigenvalue weighted by atomic mass is 10.0. The molecule has 5 heteroatoms. The Morgan fingerprint density at radius 1 is 1.20 bits per heavy atom. The highest BCUT2D eigenvalue weighted by molar-refractivity contribution is 6.31. The summed E-state index contributed by atoms with van der Waals surface area (Å²) in [5, 5.41) is 0.486. The molecule has 2 aromatic carbocycles. The summed E-state index contributed by atoms with van der Waals surface area (Å²) in [6, 6.07) is 11.5. The number of rotatable bonds is 6. The van der Waals surface area contributed by atoms with Crippen molar-refractivity contribution in [1.29, 1.82) is 0 Å². The predicted octanol–water partition coefficient (Wildman–Crippen LogP) is 5.50. The normalized spacial score (nSPS) is 13.4. The number of methoxy groups -OCH3 is 1. The Labute approximate surface area is 152 Å². The van der Waals surface area contributed by atoms with Crippen molar-refractivity contribution in [3.8, 4) is 11.5 Å². The first-order valence-corrected chi connectivity index (χ1v) is 8.79. The summed E-state index contributed by atoms with van der Waals surface area (Å²) in [7, 11) is 1.26. The lowest BCUT2D eigenvalue weighted by Gasteiger charge is -2.15. The van der Waals surface area contributed by atoms with Gasteiger partial charge in [-0.05, 0) is 54.5 Å². The van der Waals surface area contributed by atoms with Crippen LogP contribution in [-0.2, 0) is 17.8 Å². The topological polar surface area (TPSA) is 44.8 Å². The zero-order valence-electron chi connectivity index (χ0n) is 14.4.